The highest BCUT2D eigenvalue weighted by molar-refractivity contribution is 5.83. The zero-order chi connectivity index (χ0) is 12.2. The zero-order valence-corrected chi connectivity index (χ0v) is 10.8. The fraction of sp³-hybridized carbons (Fsp3) is 0.333. The molecule has 1 atom stereocenters. The Morgan fingerprint density at radius 1 is 0.944 bits per heavy atom. The number of rotatable bonds is 2. The van der Waals surface area contributed by atoms with Gasteiger partial charge in [-0.3, -0.25) is 0 Å². The molecule has 0 aromatic heterocycles. The second-order valence-electron chi connectivity index (χ2n) is 5.75. The van der Waals surface area contributed by atoms with E-state index >= 15 is 0 Å². The maximum atomic E-state index is 2.35. The van der Waals surface area contributed by atoms with Gasteiger partial charge in [-0.05, 0) is 41.0 Å². The van der Waals surface area contributed by atoms with Crippen molar-refractivity contribution in [1.82, 2.24) is 0 Å². The summed E-state index contributed by atoms with van der Waals surface area (Å²) in [7, 11) is 0. The molecule has 0 nitrogen and oxygen atoms in total. The monoisotopic (exact) mass is 234 g/mol. The van der Waals surface area contributed by atoms with E-state index < -0.39 is 0 Å². The van der Waals surface area contributed by atoms with Crippen LogP contribution in [0.25, 0.3) is 11.1 Å². The van der Waals surface area contributed by atoms with Crippen molar-refractivity contribution in [3.05, 3.63) is 59.7 Å². The van der Waals surface area contributed by atoms with E-state index in [0.717, 1.165) is 5.92 Å². The molecule has 0 amide bonds. The lowest BCUT2D eigenvalue weighted by molar-refractivity contribution is 0.635. The highest BCUT2D eigenvalue weighted by Gasteiger charge is 2.59. The minimum Gasteiger partial charge on any atom is -0.0654 e. The van der Waals surface area contributed by atoms with Crippen LogP contribution in [0.2, 0.25) is 0 Å². The zero-order valence-electron chi connectivity index (χ0n) is 10.8. The van der Waals surface area contributed by atoms with Gasteiger partial charge in [0.25, 0.3) is 0 Å². The van der Waals surface area contributed by atoms with Crippen molar-refractivity contribution >= 4 is 0 Å². The van der Waals surface area contributed by atoms with Gasteiger partial charge in [0.2, 0.25) is 0 Å². The molecule has 4 rings (SSSR count). The minimum absolute atomic E-state index is 0.378. The van der Waals surface area contributed by atoms with Gasteiger partial charge in [0, 0.05) is 5.41 Å². The van der Waals surface area contributed by atoms with E-state index in [2.05, 4.69) is 55.5 Å². The lowest BCUT2D eigenvalue weighted by Crippen LogP contribution is -2.07. The predicted octanol–water partition coefficient (Wildman–Crippen LogP) is 4.77. The Labute approximate surface area is 109 Å². The molecule has 0 radical (unpaired) electrons. The first kappa shape index (κ1) is 10.4. The molecule has 0 heteroatoms. The van der Waals surface area contributed by atoms with Crippen LogP contribution in [0.15, 0.2) is 48.5 Å². The van der Waals surface area contributed by atoms with E-state index in [1.54, 1.807) is 11.1 Å². The Hall–Kier alpha value is -1.56. The van der Waals surface area contributed by atoms with E-state index in [9.17, 15) is 0 Å². The molecule has 0 N–H and O–H groups in total. The third-order valence-electron chi connectivity index (χ3n) is 4.85. The van der Waals surface area contributed by atoms with Gasteiger partial charge in [-0.2, -0.15) is 0 Å². The molecule has 2 aliphatic carbocycles. The second-order valence-corrected chi connectivity index (χ2v) is 5.75. The van der Waals surface area contributed by atoms with Crippen molar-refractivity contribution in [3.63, 3.8) is 0 Å². The summed E-state index contributed by atoms with van der Waals surface area (Å²) in [6, 6.07) is 18.0. The topological polar surface area (TPSA) is 0 Å². The van der Waals surface area contributed by atoms with Crippen LogP contribution in [0.5, 0.6) is 0 Å². The first-order valence-corrected chi connectivity index (χ1v) is 7.07. The van der Waals surface area contributed by atoms with Gasteiger partial charge in [-0.15, -0.1) is 0 Å². The molecule has 2 aliphatic rings. The van der Waals surface area contributed by atoms with Crippen molar-refractivity contribution in [2.45, 2.75) is 31.6 Å². The number of hydrogen-bond donors (Lipinski definition) is 0. The third kappa shape index (κ3) is 1.11. The predicted molar refractivity (Wildman–Crippen MR) is 75.7 cm³/mol. The molecule has 1 unspecified atom stereocenters. The molecule has 1 spiro atoms. The van der Waals surface area contributed by atoms with Crippen LogP contribution in [-0.2, 0) is 5.41 Å². The molecule has 2 aromatic carbocycles. The average molecular weight is 234 g/mol. The Balaban J connectivity index is 1.95. The Morgan fingerprint density at radius 3 is 2.06 bits per heavy atom. The second kappa shape index (κ2) is 3.47. The Kier molecular flexibility index (Phi) is 2.00. The molecule has 0 heterocycles. The van der Waals surface area contributed by atoms with E-state index in [1.807, 2.05) is 0 Å². The minimum atomic E-state index is 0.378. The van der Waals surface area contributed by atoms with Gasteiger partial charge in [0.05, 0.1) is 0 Å². The quantitative estimate of drug-likeness (QED) is 0.702. The molecule has 0 bridgehead atoms. The van der Waals surface area contributed by atoms with Crippen LogP contribution < -0.4 is 0 Å². The normalized spacial score (nSPS) is 21.7. The largest absolute Gasteiger partial charge is 0.0654 e. The highest BCUT2D eigenvalue weighted by Crippen LogP contribution is 2.67. The van der Waals surface area contributed by atoms with Gasteiger partial charge < -0.3 is 0 Å². The molecule has 18 heavy (non-hydrogen) atoms. The Morgan fingerprint density at radius 2 is 1.50 bits per heavy atom. The van der Waals surface area contributed by atoms with Crippen molar-refractivity contribution in [2.75, 3.05) is 0 Å². The molecule has 1 fully saturated rings. The van der Waals surface area contributed by atoms with Crippen LogP contribution in [0.3, 0.4) is 0 Å². The highest BCUT2D eigenvalue weighted by atomic mass is 14.6. The Bertz CT molecular complexity index is 563. The van der Waals surface area contributed by atoms with E-state index in [0.29, 0.717) is 5.41 Å². The third-order valence-corrected chi connectivity index (χ3v) is 4.85. The molecule has 90 valence electrons. The standard InChI is InChI=1S/C18H18/c1-2-7-13-12-18(13)16-10-5-3-8-14(16)15-9-4-6-11-17(15)18/h3-6,8-11,13H,2,7,12H2,1H3. The molecular weight excluding hydrogens is 216 g/mol. The maximum Gasteiger partial charge on any atom is 0.0246 e. The van der Waals surface area contributed by atoms with Crippen LogP contribution in [0, 0.1) is 5.92 Å². The fourth-order valence-corrected chi connectivity index (χ4v) is 4.05. The fourth-order valence-electron chi connectivity index (χ4n) is 4.05. The van der Waals surface area contributed by atoms with E-state index in [4.69, 9.17) is 0 Å². The van der Waals surface area contributed by atoms with E-state index in [1.165, 1.54) is 30.4 Å². The lowest BCUT2D eigenvalue weighted by Gasteiger charge is -2.13. The van der Waals surface area contributed by atoms with Gasteiger partial charge >= 0.3 is 0 Å². The summed E-state index contributed by atoms with van der Waals surface area (Å²) >= 11 is 0. The van der Waals surface area contributed by atoms with Crippen molar-refractivity contribution in [1.29, 1.82) is 0 Å². The molecular formula is C18H18. The van der Waals surface area contributed by atoms with Crippen molar-refractivity contribution in [3.8, 4) is 11.1 Å². The summed E-state index contributed by atoms with van der Waals surface area (Å²) < 4.78 is 0. The van der Waals surface area contributed by atoms with Crippen LogP contribution >= 0.6 is 0 Å². The number of hydrogen-bond acceptors (Lipinski definition) is 0. The molecule has 1 saturated carbocycles. The summed E-state index contributed by atoms with van der Waals surface area (Å²) in [5.41, 5.74) is 6.51. The van der Waals surface area contributed by atoms with Crippen LogP contribution in [0.1, 0.15) is 37.3 Å². The summed E-state index contributed by atoms with van der Waals surface area (Å²) in [5, 5.41) is 0. The van der Waals surface area contributed by atoms with Gasteiger partial charge in [0.1, 0.15) is 0 Å². The van der Waals surface area contributed by atoms with Crippen LogP contribution in [-0.4, -0.2) is 0 Å². The number of benzene rings is 2. The maximum absolute atomic E-state index is 2.35. The van der Waals surface area contributed by atoms with Crippen molar-refractivity contribution in [2.24, 2.45) is 5.92 Å². The smallest absolute Gasteiger partial charge is 0.0246 e. The summed E-state index contributed by atoms with van der Waals surface area (Å²) in [5.74, 6) is 0.868. The summed E-state index contributed by atoms with van der Waals surface area (Å²) in [6.07, 6.45) is 4.02. The van der Waals surface area contributed by atoms with Crippen LogP contribution in [0.4, 0.5) is 0 Å². The number of fused-ring (bicyclic) bond motifs is 5. The molecule has 2 aromatic rings. The van der Waals surface area contributed by atoms with Gasteiger partial charge in [-0.1, -0.05) is 61.9 Å². The van der Waals surface area contributed by atoms with E-state index in [-0.39, 0.29) is 0 Å². The summed E-state index contributed by atoms with van der Waals surface area (Å²) in [4.78, 5) is 0. The van der Waals surface area contributed by atoms with Gasteiger partial charge in [0.15, 0.2) is 0 Å². The molecule has 0 saturated heterocycles. The SMILES string of the molecule is CCCC1CC12c1ccccc1-c1ccccc12. The summed E-state index contributed by atoms with van der Waals surface area (Å²) in [6.45, 7) is 2.30. The van der Waals surface area contributed by atoms with Gasteiger partial charge in [-0.25, -0.2) is 0 Å². The molecule has 0 aliphatic heterocycles. The lowest BCUT2D eigenvalue weighted by atomic mass is 9.90. The van der Waals surface area contributed by atoms with Crippen molar-refractivity contribution < 1.29 is 0 Å². The average Bonchev–Trinajstić information content (AvgIpc) is 3.06. The first-order chi connectivity index (χ1) is 8.88. The first-order valence-electron chi connectivity index (χ1n) is 7.07.